The summed E-state index contributed by atoms with van der Waals surface area (Å²) in [4.78, 5) is 10.2. The second kappa shape index (κ2) is 5.98. The van der Waals surface area contributed by atoms with Gasteiger partial charge in [0.05, 0.1) is 4.92 Å². The first-order valence-corrected chi connectivity index (χ1v) is 7.27. The topological polar surface area (TPSA) is 92.6 Å². The third-order valence-electron chi connectivity index (χ3n) is 2.68. The quantitative estimate of drug-likeness (QED) is 0.634. The molecule has 0 saturated carbocycles. The van der Waals surface area contributed by atoms with Crippen LogP contribution >= 0.6 is 0 Å². The van der Waals surface area contributed by atoms with E-state index in [0.29, 0.717) is 6.54 Å². The van der Waals surface area contributed by atoms with Gasteiger partial charge in [0, 0.05) is 20.1 Å². The van der Waals surface area contributed by atoms with Crippen molar-refractivity contribution in [2.24, 2.45) is 0 Å². The Balaban J connectivity index is 3.52. The smallest absolute Gasteiger partial charge is 0.312 e. The second-order valence-electron chi connectivity index (χ2n) is 3.86. The Labute approximate surface area is 112 Å². The average molecular weight is 287 g/mol. The van der Waals surface area contributed by atoms with E-state index >= 15 is 0 Å². The summed E-state index contributed by atoms with van der Waals surface area (Å²) in [6.07, 6.45) is 0. The van der Waals surface area contributed by atoms with Gasteiger partial charge in [0.2, 0.25) is 10.0 Å². The van der Waals surface area contributed by atoms with Crippen molar-refractivity contribution >= 4 is 21.4 Å². The van der Waals surface area contributed by atoms with Crippen LogP contribution in [-0.2, 0) is 10.0 Å². The highest BCUT2D eigenvalue weighted by molar-refractivity contribution is 7.89. The Kier molecular flexibility index (Phi) is 4.84. The molecule has 1 aromatic carbocycles. The molecule has 0 aromatic heterocycles. The maximum absolute atomic E-state index is 12.2. The van der Waals surface area contributed by atoms with Gasteiger partial charge in [0.25, 0.3) is 0 Å². The van der Waals surface area contributed by atoms with Crippen molar-refractivity contribution in [3.8, 4) is 0 Å². The van der Waals surface area contributed by atoms with E-state index < -0.39 is 20.6 Å². The van der Waals surface area contributed by atoms with Gasteiger partial charge in [-0.25, -0.2) is 12.7 Å². The molecular formula is C11H17N3O4S. The largest absolute Gasteiger partial charge is 0.380 e. The molecule has 0 bridgehead atoms. The van der Waals surface area contributed by atoms with Crippen LogP contribution in [0.1, 0.15) is 13.8 Å². The number of nitrogens with zero attached hydrogens (tertiary/aromatic N) is 2. The molecular weight excluding hydrogens is 270 g/mol. The Morgan fingerprint density at radius 2 is 2.00 bits per heavy atom. The molecule has 0 radical (unpaired) electrons. The van der Waals surface area contributed by atoms with E-state index in [0.717, 1.165) is 4.31 Å². The molecule has 0 aliphatic carbocycles. The number of benzene rings is 1. The Morgan fingerprint density at radius 3 is 2.47 bits per heavy atom. The lowest BCUT2D eigenvalue weighted by molar-refractivity contribution is -0.386. The van der Waals surface area contributed by atoms with Crippen molar-refractivity contribution in [2.75, 3.05) is 25.5 Å². The number of rotatable bonds is 6. The van der Waals surface area contributed by atoms with Gasteiger partial charge in [-0.05, 0) is 19.1 Å². The molecule has 19 heavy (non-hydrogen) atoms. The zero-order valence-electron chi connectivity index (χ0n) is 11.1. The van der Waals surface area contributed by atoms with Crippen molar-refractivity contribution < 1.29 is 13.3 Å². The minimum Gasteiger partial charge on any atom is -0.380 e. The predicted octanol–water partition coefficient (Wildman–Crippen LogP) is 1.67. The van der Waals surface area contributed by atoms with Crippen LogP contribution in [-0.4, -0.2) is 37.8 Å². The lowest BCUT2D eigenvalue weighted by atomic mass is 10.2. The van der Waals surface area contributed by atoms with E-state index in [1.54, 1.807) is 13.8 Å². The maximum atomic E-state index is 12.2. The molecule has 0 amide bonds. The lowest BCUT2D eigenvalue weighted by Crippen LogP contribution is -2.27. The molecule has 0 aliphatic rings. The predicted molar refractivity (Wildman–Crippen MR) is 72.7 cm³/mol. The number of hydrogen-bond donors (Lipinski definition) is 1. The van der Waals surface area contributed by atoms with Crippen molar-refractivity contribution in [2.45, 2.75) is 18.7 Å². The second-order valence-corrected chi connectivity index (χ2v) is 5.87. The van der Waals surface area contributed by atoms with Gasteiger partial charge in [-0.1, -0.05) is 13.0 Å². The summed E-state index contributed by atoms with van der Waals surface area (Å²) in [6, 6.07) is 4.23. The molecule has 0 fully saturated rings. The van der Waals surface area contributed by atoms with Gasteiger partial charge in [0.1, 0.15) is 5.69 Å². The summed E-state index contributed by atoms with van der Waals surface area (Å²) in [5.41, 5.74) is -0.206. The Hall–Kier alpha value is -1.67. The molecule has 0 unspecified atom stereocenters. The van der Waals surface area contributed by atoms with Crippen LogP contribution in [0.5, 0.6) is 0 Å². The van der Waals surface area contributed by atoms with Crippen LogP contribution in [0, 0.1) is 10.1 Å². The lowest BCUT2D eigenvalue weighted by Gasteiger charge is -2.16. The monoisotopic (exact) mass is 287 g/mol. The minimum atomic E-state index is -3.85. The molecule has 0 aliphatic heterocycles. The van der Waals surface area contributed by atoms with Crippen LogP contribution in [0.2, 0.25) is 0 Å². The highest BCUT2D eigenvalue weighted by atomic mass is 32.2. The molecule has 8 heteroatoms. The number of nitro benzene ring substituents is 1. The molecule has 7 nitrogen and oxygen atoms in total. The molecule has 106 valence electrons. The van der Waals surface area contributed by atoms with Gasteiger partial charge in [-0.15, -0.1) is 0 Å². The third kappa shape index (κ3) is 3.02. The SMILES string of the molecule is CCNc1cccc(S(=O)(=O)N(C)CC)c1[N+](=O)[O-]. The molecule has 1 aromatic rings. The van der Waals surface area contributed by atoms with Gasteiger partial charge in [-0.2, -0.15) is 0 Å². The number of sulfonamides is 1. The van der Waals surface area contributed by atoms with Crippen molar-refractivity contribution in [3.05, 3.63) is 28.3 Å². The zero-order chi connectivity index (χ0) is 14.6. The van der Waals surface area contributed by atoms with E-state index in [1.807, 2.05) is 0 Å². The number of nitro groups is 1. The van der Waals surface area contributed by atoms with Crippen molar-refractivity contribution in [1.82, 2.24) is 4.31 Å². The number of anilines is 1. The Bertz CT molecular complexity index is 571. The fraction of sp³-hybridized carbons (Fsp3) is 0.455. The van der Waals surface area contributed by atoms with Crippen LogP contribution < -0.4 is 5.32 Å². The molecule has 1 N–H and O–H groups in total. The number of para-hydroxylation sites is 1. The minimum absolute atomic E-state index is 0.207. The summed E-state index contributed by atoms with van der Waals surface area (Å²) < 4.78 is 25.6. The first kappa shape index (κ1) is 15.4. The highest BCUT2D eigenvalue weighted by Crippen LogP contribution is 2.33. The normalized spacial score (nSPS) is 11.6. The number of hydrogen-bond acceptors (Lipinski definition) is 5. The van der Waals surface area contributed by atoms with Gasteiger partial charge in [-0.3, -0.25) is 10.1 Å². The van der Waals surface area contributed by atoms with E-state index in [9.17, 15) is 18.5 Å². The first-order valence-electron chi connectivity index (χ1n) is 5.83. The van der Waals surface area contributed by atoms with E-state index in [2.05, 4.69) is 5.32 Å². The average Bonchev–Trinajstić information content (AvgIpc) is 2.37. The van der Waals surface area contributed by atoms with E-state index in [1.165, 1.54) is 25.2 Å². The van der Waals surface area contributed by atoms with Gasteiger partial charge >= 0.3 is 5.69 Å². The van der Waals surface area contributed by atoms with Gasteiger partial charge < -0.3 is 5.32 Å². The third-order valence-corrected chi connectivity index (χ3v) is 4.65. The first-order chi connectivity index (χ1) is 8.86. The molecule has 0 spiro atoms. The number of nitrogens with one attached hydrogen (secondary N) is 1. The Morgan fingerprint density at radius 1 is 1.37 bits per heavy atom. The van der Waals surface area contributed by atoms with Crippen molar-refractivity contribution in [3.63, 3.8) is 0 Å². The summed E-state index contributed by atoms with van der Waals surface area (Å²) in [7, 11) is -2.47. The highest BCUT2D eigenvalue weighted by Gasteiger charge is 2.31. The maximum Gasteiger partial charge on any atom is 0.312 e. The summed E-state index contributed by atoms with van der Waals surface area (Å²) in [5.74, 6) is 0. The fourth-order valence-corrected chi connectivity index (χ4v) is 2.94. The van der Waals surface area contributed by atoms with E-state index in [4.69, 9.17) is 0 Å². The molecule has 1 rings (SSSR count). The standard InChI is InChI=1S/C11H17N3O4S/c1-4-12-9-7-6-8-10(11(9)14(15)16)19(17,18)13(3)5-2/h6-8,12H,4-5H2,1-3H3. The summed E-state index contributed by atoms with van der Waals surface area (Å²) in [6.45, 7) is 4.15. The van der Waals surface area contributed by atoms with Gasteiger partial charge in [0.15, 0.2) is 4.90 Å². The van der Waals surface area contributed by atoms with Crippen LogP contribution in [0.25, 0.3) is 0 Å². The summed E-state index contributed by atoms with van der Waals surface area (Å²) in [5, 5.41) is 14.0. The van der Waals surface area contributed by atoms with Crippen LogP contribution in [0.4, 0.5) is 11.4 Å². The fourth-order valence-electron chi connectivity index (χ4n) is 1.59. The van der Waals surface area contributed by atoms with Crippen LogP contribution in [0.3, 0.4) is 0 Å². The van der Waals surface area contributed by atoms with E-state index in [-0.39, 0.29) is 17.1 Å². The van der Waals surface area contributed by atoms with Crippen molar-refractivity contribution in [1.29, 1.82) is 0 Å². The van der Waals surface area contributed by atoms with Crippen LogP contribution in [0.15, 0.2) is 23.1 Å². The summed E-state index contributed by atoms with van der Waals surface area (Å²) >= 11 is 0. The molecule has 0 heterocycles. The zero-order valence-corrected chi connectivity index (χ0v) is 11.9. The molecule has 0 atom stereocenters. The molecule has 0 saturated heterocycles.